The third-order valence-electron chi connectivity index (χ3n) is 2.56. The van der Waals surface area contributed by atoms with Gasteiger partial charge in [-0.2, -0.15) is 0 Å². The number of hydrogen-bond donors (Lipinski definition) is 3. The van der Waals surface area contributed by atoms with Crippen LogP contribution < -0.4 is 16.0 Å². The fourth-order valence-electron chi connectivity index (χ4n) is 1.39. The second-order valence-corrected chi connectivity index (χ2v) is 4.23. The molecule has 1 aromatic rings. The van der Waals surface area contributed by atoms with Gasteiger partial charge in [0.1, 0.15) is 0 Å². The lowest BCUT2D eigenvalue weighted by atomic mass is 10.3. The lowest BCUT2D eigenvalue weighted by molar-refractivity contribution is -0.120. The van der Waals surface area contributed by atoms with Crippen molar-refractivity contribution in [1.29, 1.82) is 0 Å². The maximum Gasteiger partial charge on any atom is 0.315 e. The number of urea groups is 1. The van der Waals surface area contributed by atoms with E-state index in [-0.39, 0.29) is 18.5 Å². The third-order valence-corrected chi connectivity index (χ3v) is 2.56. The molecular weight excluding hydrogens is 232 g/mol. The molecule has 6 heteroatoms. The summed E-state index contributed by atoms with van der Waals surface area (Å²) in [5.41, 5.74) is 0.973. The number of carbonyl (C=O) groups is 2. The number of amides is 3. The lowest BCUT2D eigenvalue weighted by Crippen LogP contribution is -2.42. The highest BCUT2D eigenvalue weighted by Gasteiger charge is 2.23. The summed E-state index contributed by atoms with van der Waals surface area (Å²) in [6.45, 7) is 0.427. The number of aromatic nitrogens is 1. The number of nitrogens with one attached hydrogen (secondary N) is 3. The molecule has 0 radical (unpaired) electrons. The zero-order valence-corrected chi connectivity index (χ0v) is 9.98. The SMILES string of the molecule is O=C(CNC(=O)NC1CC1)NCc1ccncc1. The fourth-order valence-corrected chi connectivity index (χ4v) is 1.39. The molecule has 3 amide bonds. The number of carbonyl (C=O) groups excluding carboxylic acids is 2. The topological polar surface area (TPSA) is 83.1 Å². The van der Waals surface area contributed by atoms with Crippen molar-refractivity contribution in [2.45, 2.75) is 25.4 Å². The van der Waals surface area contributed by atoms with E-state index in [0.717, 1.165) is 18.4 Å². The Balaban J connectivity index is 1.61. The minimum Gasteiger partial charge on any atom is -0.350 e. The van der Waals surface area contributed by atoms with Gasteiger partial charge in [-0.05, 0) is 30.5 Å². The molecule has 1 aromatic heterocycles. The first-order valence-corrected chi connectivity index (χ1v) is 5.94. The molecule has 96 valence electrons. The van der Waals surface area contributed by atoms with Gasteiger partial charge in [-0.25, -0.2) is 4.79 Å². The molecule has 1 fully saturated rings. The van der Waals surface area contributed by atoms with Crippen LogP contribution in [0.25, 0.3) is 0 Å². The molecule has 0 aliphatic heterocycles. The summed E-state index contributed by atoms with van der Waals surface area (Å²) in [4.78, 5) is 26.6. The zero-order chi connectivity index (χ0) is 12.8. The summed E-state index contributed by atoms with van der Waals surface area (Å²) in [5, 5.41) is 7.97. The maximum atomic E-state index is 11.5. The van der Waals surface area contributed by atoms with Gasteiger partial charge >= 0.3 is 6.03 Å². The van der Waals surface area contributed by atoms with Crippen molar-refractivity contribution in [3.63, 3.8) is 0 Å². The van der Waals surface area contributed by atoms with Crippen LogP contribution >= 0.6 is 0 Å². The average Bonchev–Trinajstić information content (AvgIpc) is 3.19. The van der Waals surface area contributed by atoms with E-state index in [1.54, 1.807) is 12.4 Å². The Morgan fingerprint density at radius 3 is 2.61 bits per heavy atom. The quantitative estimate of drug-likeness (QED) is 0.694. The maximum absolute atomic E-state index is 11.5. The van der Waals surface area contributed by atoms with E-state index in [1.807, 2.05) is 12.1 Å². The first-order chi connectivity index (χ1) is 8.74. The Morgan fingerprint density at radius 2 is 1.94 bits per heavy atom. The van der Waals surface area contributed by atoms with E-state index in [4.69, 9.17) is 0 Å². The molecule has 0 atom stereocenters. The van der Waals surface area contributed by atoms with Gasteiger partial charge in [0.15, 0.2) is 0 Å². The Kier molecular flexibility index (Phi) is 4.11. The largest absolute Gasteiger partial charge is 0.350 e. The second-order valence-electron chi connectivity index (χ2n) is 4.23. The van der Waals surface area contributed by atoms with Crippen molar-refractivity contribution < 1.29 is 9.59 Å². The van der Waals surface area contributed by atoms with Crippen molar-refractivity contribution in [2.24, 2.45) is 0 Å². The highest BCUT2D eigenvalue weighted by atomic mass is 16.2. The van der Waals surface area contributed by atoms with E-state index in [2.05, 4.69) is 20.9 Å². The summed E-state index contributed by atoms with van der Waals surface area (Å²) in [6, 6.07) is 3.67. The minimum atomic E-state index is -0.281. The van der Waals surface area contributed by atoms with E-state index >= 15 is 0 Å². The molecule has 0 saturated heterocycles. The van der Waals surface area contributed by atoms with Crippen LogP contribution in [0.5, 0.6) is 0 Å². The Hall–Kier alpha value is -2.11. The third kappa shape index (κ3) is 4.40. The normalized spacial score (nSPS) is 13.8. The summed E-state index contributed by atoms with van der Waals surface area (Å²) in [5.74, 6) is -0.210. The predicted octanol–water partition coefficient (Wildman–Crippen LogP) is 0.159. The van der Waals surface area contributed by atoms with Crippen molar-refractivity contribution in [3.8, 4) is 0 Å². The van der Waals surface area contributed by atoms with Gasteiger partial charge in [0.25, 0.3) is 0 Å². The predicted molar refractivity (Wildman–Crippen MR) is 65.6 cm³/mol. The molecule has 3 N–H and O–H groups in total. The van der Waals surface area contributed by atoms with Gasteiger partial charge < -0.3 is 16.0 Å². The van der Waals surface area contributed by atoms with E-state index < -0.39 is 0 Å². The van der Waals surface area contributed by atoms with Gasteiger partial charge in [-0.15, -0.1) is 0 Å². The fraction of sp³-hybridized carbons (Fsp3) is 0.417. The van der Waals surface area contributed by atoms with Crippen molar-refractivity contribution in [3.05, 3.63) is 30.1 Å². The van der Waals surface area contributed by atoms with Crippen LogP contribution in [0.3, 0.4) is 0 Å². The van der Waals surface area contributed by atoms with Crippen LogP contribution in [0.1, 0.15) is 18.4 Å². The van der Waals surface area contributed by atoms with Crippen LogP contribution in [0.15, 0.2) is 24.5 Å². The number of pyridine rings is 1. The van der Waals surface area contributed by atoms with Gasteiger partial charge in [0, 0.05) is 25.0 Å². The molecular formula is C12H16N4O2. The Bertz CT molecular complexity index is 417. The van der Waals surface area contributed by atoms with E-state index in [9.17, 15) is 9.59 Å². The van der Waals surface area contributed by atoms with Crippen LogP contribution in [0.2, 0.25) is 0 Å². The zero-order valence-electron chi connectivity index (χ0n) is 9.98. The summed E-state index contributed by atoms with van der Waals surface area (Å²) >= 11 is 0. The van der Waals surface area contributed by atoms with Gasteiger partial charge in [-0.3, -0.25) is 9.78 Å². The molecule has 6 nitrogen and oxygen atoms in total. The molecule has 0 aromatic carbocycles. The molecule has 0 spiro atoms. The summed E-state index contributed by atoms with van der Waals surface area (Å²) < 4.78 is 0. The molecule has 2 rings (SSSR count). The Labute approximate surface area is 105 Å². The van der Waals surface area contributed by atoms with Crippen molar-refractivity contribution in [2.75, 3.05) is 6.54 Å². The van der Waals surface area contributed by atoms with Crippen LogP contribution in [-0.2, 0) is 11.3 Å². The summed E-state index contributed by atoms with van der Waals surface area (Å²) in [6.07, 6.45) is 5.40. The number of nitrogens with zero attached hydrogens (tertiary/aromatic N) is 1. The molecule has 1 heterocycles. The molecule has 1 aliphatic carbocycles. The van der Waals surface area contributed by atoms with Crippen LogP contribution in [-0.4, -0.2) is 29.5 Å². The highest BCUT2D eigenvalue weighted by molar-refractivity contribution is 5.84. The smallest absolute Gasteiger partial charge is 0.315 e. The standard InChI is InChI=1S/C12H16N4O2/c17-11(8-15-12(18)16-10-1-2-10)14-7-9-3-5-13-6-4-9/h3-6,10H,1-2,7-8H2,(H,14,17)(H2,15,16,18). The van der Waals surface area contributed by atoms with Crippen LogP contribution in [0, 0.1) is 0 Å². The van der Waals surface area contributed by atoms with Gasteiger partial charge in [-0.1, -0.05) is 0 Å². The number of rotatable bonds is 5. The molecule has 0 unspecified atom stereocenters. The lowest BCUT2D eigenvalue weighted by Gasteiger charge is -2.07. The molecule has 0 bridgehead atoms. The molecule has 1 aliphatic rings. The summed E-state index contributed by atoms with van der Waals surface area (Å²) in [7, 11) is 0. The van der Waals surface area contributed by atoms with Crippen molar-refractivity contribution >= 4 is 11.9 Å². The van der Waals surface area contributed by atoms with E-state index in [0.29, 0.717) is 12.6 Å². The van der Waals surface area contributed by atoms with E-state index in [1.165, 1.54) is 0 Å². The first-order valence-electron chi connectivity index (χ1n) is 5.94. The average molecular weight is 248 g/mol. The van der Waals surface area contributed by atoms with Crippen LogP contribution in [0.4, 0.5) is 4.79 Å². The number of hydrogen-bond acceptors (Lipinski definition) is 3. The second kappa shape index (κ2) is 6.00. The Morgan fingerprint density at radius 1 is 1.22 bits per heavy atom. The molecule has 1 saturated carbocycles. The van der Waals surface area contributed by atoms with Crippen molar-refractivity contribution in [1.82, 2.24) is 20.9 Å². The minimum absolute atomic E-state index is 0.0103. The highest BCUT2D eigenvalue weighted by Crippen LogP contribution is 2.18. The first kappa shape index (κ1) is 12.3. The van der Waals surface area contributed by atoms with Gasteiger partial charge in [0.2, 0.25) is 5.91 Å². The molecule has 18 heavy (non-hydrogen) atoms. The monoisotopic (exact) mass is 248 g/mol. The van der Waals surface area contributed by atoms with Gasteiger partial charge in [0.05, 0.1) is 6.54 Å².